The van der Waals surface area contributed by atoms with Gasteiger partial charge in [-0.05, 0) is 66.5 Å². The highest BCUT2D eigenvalue weighted by Gasteiger charge is 2.37. The van der Waals surface area contributed by atoms with Crippen LogP contribution >= 0.6 is 0 Å². The molecule has 0 spiro atoms. The van der Waals surface area contributed by atoms with Gasteiger partial charge in [-0.25, -0.2) is 23.2 Å². The average Bonchev–Trinajstić information content (AvgIpc) is 3.38. The predicted molar refractivity (Wildman–Crippen MR) is 137 cm³/mol. The van der Waals surface area contributed by atoms with Crippen LogP contribution in [0.4, 0.5) is 32.0 Å². The molecule has 3 heterocycles. The first kappa shape index (κ1) is 29.9. The number of nitrogens with one attached hydrogen (secondary N) is 1. The summed E-state index contributed by atoms with van der Waals surface area (Å²) < 4.78 is 124. The second-order valence-corrected chi connectivity index (χ2v) is 11.1. The molecule has 228 valence electrons. The monoisotopic (exact) mass is 630 g/mol. The van der Waals surface area contributed by atoms with E-state index < -0.39 is 50.4 Å². The minimum absolute atomic E-state index is 0.0235. The fraction of sp³-hybridized carbons (Fsp3) is 0.269. The van der Waals surface area contributed by atoms with E-state index in [1.165, 1.54) is 24.3 Å². The van der Waals surface area contributed by atoms with Gasteiger partial charge in [0.15, 0.2) is 0 Å². The van der Waals surface area contributed by atoms with Crippen molar-refractivity contribution in [2.45, 2.75) is 36.2 Å². The van der Waals surface area contributed by atoms with Gasteiger partial charge in [0.2, 0.25) is 0 Å². The Bertz CT molecular complexity index is 1790. The van der Waals surface area contributed by atoms with Crippen molar-refractivity contribution < 1.29 is 48.8 Å². The number of rotatable bonds is 8. The molecule has 0 saturated carbocycles. The molecule has 17 heteroatoms. The Morgan fingerprint density at radius 2 is 1.77 bits per heavy atom. The van der Waals surface area contributed by atoms with Gasteiger partial charge < -0.3 is 9.47 Å². The van der Waals surface area contributed by atoms with E-state index in [0.717, 1.165) is 34.6 Å². The van der Waals surface area contributed by atoms with E-state index in [1.54, 1.807) is 0 Å². The molecule has 5 rings (SSSR count). The number of nitrogens with zero attached hydrogens (tertiary/aromatic N) is 3. The first-order valence-electron chi connectivity index (χ1n) is 12.5. The Morgan fingerprint density at radius 3 is 2.47 bits per heavy atom. The number of aromatic amines is 1. The maximum atomic E-state index is 13.8. The number of pyridine rings is 1. The molecule has 0 fully saturated rings. The number of benzene rings is 2. The summed E-state index contributed by atoms with van der Waals surface area (Å²) >= 11 is 0. The molecule has 43 heavy (non-hydrogen) atoms. The van der Waals surface area contributed by atoms with Gasteiger partial charge in [-0.1, -0.05) is 12.1 Å². The summed E-state index contributed by atoms with van der Waals surface area (Å²) in [5.41, 5.74) is -2.43. The van der Waals surface area contributed by atoms with Crippen molar-refractivity contribution in [3.63, 3.8) is 0 Å². The number of ether oxygens (including phenoxy) is 2. The SMILES string of the molecule is O=c1[nH]c(OCCCC2CN(S(=O)(=O)c3cccc(C(F)(F)F)c3)c3cc(-c4cccc(C(F)(F)F)n4)ccc3O2)no1. The van der Waals surface area contributed by atoms with Crippen molar-refractivity contribution in [1.29, 1.82) is 0 Å². The highest BCUT2D eigenvalue weighted by Crippen LogP contribution is 2.41. The summed E-state index contributed by atoms with van der Waals surface area (Å²) in [7, 11) is -4.63. The van der Waals surface area contributed by atoms with Crippen LogP contribution in [0.1, 0.15) is 24.1 Å². The van der Waals surface area contributed by atoms with Crippen LogP contribution in [0.25, 0.3) is 11.3 Å². The number of alkyl halides is 6. The van der Waals surface area contributed by atoms with E-state index in [9.17, 15) is 39.6 Å². The van der Waals surface area contributed by atoms with E-state index in [1.807, 2.05) is 0 Å². The molecule has 1 unspecified atom stereocenters. The molecule has 1 aliphatic rings. The number of fused-ring (bicyclic) bond motifs is 1. The number of hydrogen-bond acceptors (Lipinski definition) is 8. The van der Waals surface area contributed by atoms with Gasteiger partial charge >= 0.3 is 24.1 Å². The molecule has 4 aromatic rings. The Labute approximate surface area is 238 Å². The molecule has 0 amide bonds. The van der Waals surface area contributed by atoms with Crippen LogP contribution in [0.5, 0.6) is 11.8 Å². The van der Waals surface area contributed by atoms with Crippen LogP contribution in [0, 0.1) is 0 Å². The van der Waals surface area contributed by atoms with Gasteiger partial charge in [0, 0.05) is 5.56 Å². The zero-order valence-corrected chi connectivity index (χ0v) is 22.5. The summed E-state index contributed by atoms with van der Waals surface area (Å²) in [6, 6.07) is 10.3. The summed E-state index contributed by atoms with van der Waals surface area (Å²) in [6.07, 6.45) is -9.86. The largest absolute Gasteiger partial charge is 0.486 e. The number of sulfonamides is 1. The summed E-state index contributed by atoms with van der Waals surface area (Å²) in [4.78, 5) is 16.2. The molecule has 1 atom stereocenters. The number of hydrogen-bond donors (Lipinski definition) is 1. The number of anilines is 1. The Hall–Kier alpha value is -4.54. The molecule has 1 aliphatic heterocycles. The third-order valence-electron chi connectivity index (χ3n) is 6.31. The topological polar surface area (TPSA) is 128 Å². The van der Waals surface area contributed by atoms with E-state index in [2.05, 4.69) is 19.6 Å². The van der Waals surface area contributed by atoms with E-state index >= 15 is 0 Å². The number of halogens is 6. The minimum Gasteiger partial charge on any atom is -0.486 e. The zero-order valence-electron chi connectivity index (χ0n) is 21.6. The molecule has 1 N–H and O–H groups in total. The number of aromatic nitrogens is 3. The van der Waals surface area contributed by atoms with Crippen LogP contribution in [0.3, 0.4) is 0 Å². The molecule has 2 aromatic carbocycles. The van der Waals surface area contributed by atoms with E-state index in [0.29, 0.717) is 6.07 Å². The van der Waals surface area contributed by atoms with Gasteiger partial charge in [-0.2, -0.15) is 26.3 Å². The van der Waals surface area contributed by atoms with Gasteiger partial charge in [0.1, 0.15) is 17.5 Å². The van der Waals surface area contributed by atoms with E-state index in [-0.39, 0.29) is 54.7 Å². The van der Waals surface area contributed by atoms with Crippen LogP contribution < -0.4 is 19.5 Å². The lowest BCUT2D eigenvalue weighted by Crippen LogP contribution is -2.43. The quantitative estimate of drug-likeness (QED) is 0.206. The lowest BCUT2D eigenvalue weighted by atomic mass is 10.1. The third kappa shape index (κ3) is 6.60. The minimum atomic E-state index is -4.81. The lowest BCUT2D eigenvalue weighted by Gasteiger charge is -2.36. The Kier molecular flexibility index (Phi) is 7.85. The predicted octanol–water partition coefficient (Wildman–Crippen LogP) is 5.28. The molecule has 0 saturated heterocycles. The van der Waals surface area contributed by atoms with Crippen molar-refractivity contribution >= 4 is 15.7 Å². The van der Waals surface area contributed by atoms with Gasteiger partial charge in [0.25, 0.3) is 10.0 Å². The van der Waals surface area contributed by atoms with Crippen LogP contribution in [0.2, 0.25) is 0 Å². The first-order valence-corrected chi connectivity index (χ1v) is 13.9. The van der Waals surface area contributed by atoms with Crippen molar-refractivity contribution in [3.05, 3.63) is 82.5 Å². The molecule has 0 aliphatic carbocycles. The van der Waals surface area contributed by atoms with Gasteiger partial charge in [0.05, 0.1) is 35.0 Å². The van der Waals surface area contributed by atoms with Crippen molar-refractivity contribution in [2.24, 2.45) is 0 Å². The van der Waals surface area contributed by atoms with Crippen molar-refractivity contribution in [1.82, 2.24) is 15.1 Å². The van der Waals surface area contributed by atoms with Crippen LogP contribution in [-0.2, 0) is 22.4 Å². The number of H-pyrrole nitrogens is 1. The van der Waals surface area contributed by atoms with Crippen molar-refractivity contribution in [3.8, 4) is 23.0 Å². The maximum Gasteiger partial charge on any atom is 0.441 e. The van der Waals surface area contributed by atoms with Crippen molar-refractivity contribution in [2.75, 3.05) is 17.5 Å². The first-order chi connectivity index (χ1) is 20.2. The third-order valence-corrected chi connectivity index (χ3v) is 8.08. The van der Waals surface area contributed by atoms with Gasteiger partial charge in [-0.3, -0.25) is 8.83 Å². The zero-order chi connectivity index (χ0) is 31.0. The fourth-order valence-electron chi connectivity index (χ4n) is 4.32. The fourth-order valence-corrected chi connectivity index (χ4v) is 5.87. The second-order valence-electron chi connectivity index (χ2n) is 9.28. The average molecular weight is 631 g/mol. The Morgan fingerprint density at radius 1 is 1.00 bits per heavy atom. The summed E-state index contributed by atoms with van der Waals surface area (Å²) in [6.45, 7) is -0.318. The smallest absolute Gasteiger partial charge is 0.441 e. The highest BCUT2D eigenvalue weighted by atomic mass is 32.2. The molecular formula is C26H20F6N4O6S. The normalized spacial score (nSPS) is 15.6. The molecule has 10 nitrogen and oxygen atoms in total. The van der Waals surface area contributed by atoms with Crippen LogP contribution in [0.15, 0.2) is 74.9 Å². The van der Waals surface area contributed by atoms with Crippen LogP contribution in [-0.4, -0.2) is 42.8 Å². The second kappa shape index (κ2) is 11.3. The Balaban J connectivity index is 1.48. The highest BCUT2D eigenvalue weighted by molar-refractivity contribution is 7.92. The standard InChI is InChI=1S/C26H20F6N4O6S/c27-25(28,29)16-4-1-6-18(13-16)43(38,39)36-14-17(5-3-11-40-23-34-24(37)42-35-23)41-21-10-9-15(12-20(21)36)19-7-2-8-22(33-19)26(30,31)32/h1-2,4,6-10,12-13,17H,3,5,11,14H2,(H,34,35,37). The molecule has 0 radical (unpaired) electrons. The summed E-state index contributed by atoms with van der Waals surface area (Å²) in [5.74, 6) is -0.790. The molecular weight excluding hydrogens is 610 g/mol. The molecule has 0 bridgehead atoms. The summed E-state index contributed by atoms with van der Waals surface area (Å²) in [5, 5.41) is 3.35. The van der Waals surface area contributed by atoms with Gasteiger partial charge in [-0.15, -0.1) is 0 Å². The maximum absolute atomic E-state index is 13.8. The van der Waals surface area contributed by atoms with E-state index in [4.69, 9.17) is 9.47 Å². The molecule has 2 aromatic heterocycles. The lowest BCUT2D eigenvalue weighted by molar-refractivity contribution is -0.141.